The zero-order valence-corrected chi connectivity index (χ0v) is 12.5. The lowest BCUT2D eigenvalue weighted by Gasteiger charge is -2.25. The van der Waals surface area contributed by atoms with E-state index >= 15 is 0 Å². The predicted octanol–water partition coefficient (Wildman–Crippen LogP) is 3.91. The highest BCUT2D eigenvalue weighted by molar-refractivity contribution is 5.39. The summed E-state index contributed by atoms with van der Waals surface area (Å²) in [5.74, 6) is 0. The van der Waals surface area contributed by atoms with Crippen molar-refractivity contribution < 1.29 is 4.74 Å². The fraction of sp³-hybridized carbons (Fsp3) is 0.556. The van der Waals surface area contributed by atoms with Gasteiger partial charge in [-0.05, 0) is 67.3 Å². The smallest absolute Gasteiger partial charge is 0.0876 e. The van der Waals surface area contributed by atoms with Crippen LogP contribution in [-0.4, -0.2) is 13.2 Å². The molecule has 1 aromatic carbocycles. The molecule has 0 fully saturated rings. The highest BCUT2D eigenvalue weighted by atomic mass is 16.5. The third kappa shape index (κ3) is 2.90. The number of fused-ring (bicyclic) bond motifs is 1. The molecule has 1 aliphatic carbocycles. The van der Waals surface area contributed by atoms with Gasteiger partial charge in [0, 0.05) is 0 Å². The highest BCUT2D eigenvalue weighted by Crippen LogP contribution is 2.31. The number of hydrogen-bond donors (Lipinski definition) is 1. The Morgan fingerprint density at radius 3 is 2.85 bits per heavy atom. The molecule has 2 nitrogen and oxygen atoms in total. The average molecular weight is 271 g/mol. The molecule has 20 heavy (non-hydrogen) atoms. The standard InChI is InChI=1S/C18H25NO/c1-2-10-19-18(17-7-4-11-20-13-17)16-9-8-14-5-3-6-15(14)12-16/h8-9,12-13,18-19H,2-7,10-11H2,1H3. The van der Waals surface area contributed by atoms with Gasteiger partial charge in [-0.15, -0.1) is 0 Å². The summed E-state index contributed by atoms with van der Waals surface area (Å²) in [5.41, 5.74) is 5.93. The summed E-state index contributed by atoms with van der Waals surface area (Å²) < 4.78 is 5.56. The second-order valence-electron chi connectivity index (χ2n) is 5.94. The van der Waals surface area contributed by atoms with E-state index in [9.17, 15) is 0 Å². The summed E-state index contributed by atoms with van der Waals surface area (Å²) in [6, 6.07) is 7.40. The van der Waals surface area contributed by atoms with Crippen molar-refractivity contribution in [1.29, 1.82) is 0 Å². The number of ether oxygens (including phenoxy) is 1. The third-order valence-corrected chi connectivity index (χ3v) is 4.39. The first-order chi connectivity index (χ1) is 9.88. The molecule has 108 valence electrons. The summed E-state index contributed by atoms with van der Waals surface area (Å²) in [6.45, 7) is 4.14. The average Bonchev–Trinajstić information content (AvgIpc) is 2.96. The minimum absolute atomic E-state index is 0.334. The normalized spacial score (nSPS) is 19.1. The van der Waals surface area contributed by atoms with Gasteiger partial charge in [-0.2, -0.15) is 0 Å². The molecular weight excluding hydrogens is 246 g/mol. The van der Waals surface area contributed by atoms with E-state index in [0.717, 1.165) is 32.4 Å². The first-order valence-electron chi connectivity index (χ1n) is 8.04. The molecular formula is C18H25NO. The van der Waals surface area contributed by atoms with Gasteiger partial charge in [0.15, 0.2) is 0 Å². The van der Waals surface area contributed by atoms with Gasteiger partial charge in [0.05, 0.1) is 18.9 Å². The summed E-state index contributed by atoms with van der Waals surface area (Å²) >= 11 is 0. The van der Waals surface area contributed by atoms with E-state index in [1.54, 1.807) is 11.1 Å². The van der Waals surface area contributed by atoms with Gasteiger partial charge in [0.25, 0.3) is 0 Å². The Balaban J connectivity index is 1.86. The van der Waals surface area contributed by atoms with E-state index in [1.807, 2.05) is 6.26 Å². The second-order valence-corrected chi connectivity index (χ2v) is 5.94. The number of hydrogen-bond acceptors (Lipinski definition) is 2. The largest absolute Gasteiger partial charge is 0.501 e. The van der Waals surface area contributed by atoms with Crippen LogP contribution in [0, 0.1) is 0 Å². The van der Waals surface area contributed by atoms with Crippen LogP contribution in [0.15, 0.2) is 30.0 Å². The third-order valence-electron chi connectivity index (χ3n) is 4.39. The molecule has 0 saturated carbocycles. The zero-order valence-electron chi connectivity index (χ0n) is 12.5. The van der Waals surface area contributed by atoms with Crippen LogP contribution >= 0.6 is 0 Å². The number of aryl methyl sites for hydroxylation is 2. The molecule has 0 amide bonds. The van der Waals surface area contributed by atoms with E-state index in [2.05, 4.69) is 30.4 Å². The van der Waals surface area contributed by atoms with Crippen molar-refractivity contribution in [3.63, 3.8) is 0 Å². The van der Waals surface area contributed by atoms with Gasteiger partial charge in [-0.1, -0.05) is 25.1 Å². The van der Waals surface area contributed by atoms with Crippen molar-refractivity contribution in [2.24, 2.45) is 0 Å². The molecule has 0 saturated heterocycles. The lowest BCUT2D eigenvalue weighted by Crippen LogP contribution is -2.25. The lowest BCUT2D eigenvalue weighted by atomic mass is 9.93. The Morgan fingerprint density at radius 2 is 2.05 bits per heavy atom. The van der Waals surface area contributed by atoms with Crippen molar-refractivity contribution in [3.05, 3.63) is 46.7 Å². The molecule has 0 aromatic heterocycles. The van der Waals surface area contributed by atoms with Crippen molar-refractivity contribution in [2.45, 2.75) is 51.5 Å². The van der Waals surface area contributed by atoms with Crippen LogP contribution in [0.5, 0.6) is 0 Å². The maximum Gasteiger partial charge on any atom is 0.0876 e. The van der Waals surface area contributed by atoms with Crippen LogP contribution in [0.1, 0.15) is 55.3 Å². The zero-order chi connectivity index (χ0) is 13.8. The van der Waals surface area contributed by atoms with Gasteiger partial charge in [0.2, 0.25) is 0 Å². The Kier molecular flexibility index (Phi) is 4.41. The Morgan fingerprint density at radius 1 is 1.15 bits per heavy atom. The van der Waals surface area contributed by atoms with Gasteiger partial charge >= 0.3 is 0 Å². The van der Waals surface area contributed by atoms with Crippen LogP contribution in [0.3, 0.4) is 0 Å². The molecule has 0 spiro atoms. The van der Waals surface area contributed by atoms with Crippen molar-refractivity contribution in [3.8, 4) is 0 Å². The van der Waals surface area contributed by atoms with E-state index in [1.165, 1.54) is 30.4 Å². The molecule has 1 aliphatic heterocycles. The van der Waals surface area contributed by atoms with Gasteiger partial charge in [-0.3, -0.25) is 0 Å². The highest BCUT2D eigenvalue weighted by Gasteiger charge is 2.20. The van der Waals surface area contributed by atoms with Crippen LogP contribution in [0.2, 0.25) is 0 Å². The van der Waals surface area contributed by atoms with Crippen LogP contribution in [0.4, 0.5) is 0 Å². The molecule has 0 bridgehead atoms. The molecule has 1 atom stereocenters. The second kappa shape index (κ2) is 6.45. The fourth-order valence-corrected chi connectivity index (χ4v) is 3.32. The van der Waals surface area contributed by atoms with Crippen LogP contribution in [0.25, 0.3) is 0 Å². The molecule has 1 aromatic rings. The quantitative estimate of drug-likeness (QED) is 0.876. The fourth-order valence-electron chi connectivity index (χ4n) is 3.32. The van der Waals surface area contributed by atoms with Crippen molar-refractivity contribution in [1.82, 2.24) is 5.32 Å². The van der Waals surface area contributed by atoms with E-state index in [0.29, 0.717) is 6.04 Å². The Bertz CT molecular complexity index is 492. The van der Waals surface area contributed by atoms with Gasteiger partial charge in [-0.25, -0.2) is 0 Å². The van der Waals surface area contributed by atoms with Crippen molar-refractivity contribution in [2.75, 3.05) is 13.2 Å². The minimum atomic E-state index is 0.334. The summed E-state index contributed by atoms with van der Waals surface area (Å²) in [4.78, 5) is 0. The summed E-state index contributed by atoms with van der Waals surface area (Å²) in [7, 11) is 0. The Labute approximate surface area is 122 Å². The molecule has 1 heterocycles. The topological polar surface area (TPSA) is 21.3 Å². The van der Waals surface area contributed by atoms with E-state index in [4.69, 9.17) is 4.74 Å². The lowest BCUT2D eigenvalue weighted by molar-refractivity contribution is 0.219. The minimum Gasteiger partial charge on any atom is -0.501 e. The first kappa shape index (κ1) is 13.7. The van der Waals surface area contributed by atoms with Crippen LogP contribution < -0.4 is 5.32 Å². The maximum absolute atomic E-state index is 5.56. The number of rotatable bonds is 5. The van der Waals surface area contributed by atoms with Crippen molar-refractivity contribution >= 4 is 0 Å². The molecule has 2 heteroatoms. The summed E-state index contributed by atoms with van der Waals surface area (Å²) in [6.07, 6.45) is 9.27. The molecule has 2 aliphatic rings. The van der Waals surface area contributed by atoms with Gasteiger partial charge in [0.1, 0.15) is 0 Å². The number of nitrogens with one attached hydrogen (secondary N) is 1. The molecule has 3 rings (SSSR count). The van der Waals surface area contributed by atoms with E-state index < -0.39 is 0 Å². The molecule has 1 unspecified atom stereocenters. The van der Waals surface area contributed by atoms with Gasteiger partial charge < -0.3 is 10.1 Å². The molecule has 0 radical (unpaired) electrons. The van der Waals surface area contributed by atoms with E-state index in [-0.39, 0.29) is 0 Å². The Hall–Kier alpha value is -1.28. The predicted molar refractivity (Wildman–Crippen MR) is 82.8 cm³/mol. The SMILES string of the molecule is CCCNC(C1=COCCC1)c1ccc2c(c1)CCC2. The maximum atomic E-state index is 5.56. The monoisotopic (exact) mass is 271 g/mol. The number of benzene rings is 1. The molecule has 1 N–H and O–H groups in total. The van der Waals surface area contributed by atoms with Crippen LogP contribution in [-0.2, 0) is 17.6 Å². The first-order valence-corrected chi connectivity index (χ1v) is 8.04. The summed E-state index contributed by atoms with van der Waals surface area (Å²) in [5, 5.41) is 3.70.